The zero-order valence-corrected chi connectivity index (χ0v) is 49.8. The largest absolute Gasteiger partial charge is 0.462 e. The number of hydrogen-bond donors (Lipinski definition) is 0. The summed E-state index contributed by atoms with van der Waals surface area (Å²) >= 11 is 0. The van der Waals surface area contributed by atoms with Crippen molar-refractivity contribution in [1.82, 2.24) is 0 Å². The second-order valence-corrected chi connectivity index (χ2v) is 21.7. The van der Waals surface area contributed by atoms with Crippen LogP contribution >= 0.6 is 0 Å². The molecule has 1 atom stereocenters. The van der Waals surface area contributed by atoms with Gasteiger partial charge in [0.1, 0.15) is 13.2 Å². The Labute approximate surface area is 465 Å². The third kappa shape index (κ3) is 61.6. The van der Waals surface area contributed by atoms with Gasteiger partial charge in [-0.2, -0.15) is 0 Å². The number of unbranched alkanes of at least 4 members (excludes halogenated alkanes) is 36. The van der Waals surface area contributed by atoms with E-state index in [0.717, 1.165) is 103 Å². The Morgan fingerprint density at radius 2 is 0.520 bits per heavy atom. The van der Waals surface area contributed by atoms with E-state index in [-0.39, 0.29) is 31.1 Å². The molecule has 0 amide bonds. The summed E-state index contributed by atoms with van der Waals surface area (Å²) in [6, 6.07) is 0. The average molecular weight is 1050 g/mol. The lowest BCUT2D eigenvalue weighted by Crippen LogP contribution is -2.30. The molecule has 0 aromatic carbocycles. The predicted octanol–water partition coefficient (Wildman–Crippen LogP) is 22.1. The molecule has 0 aliphatic rings. The van der Waals surface area contributed by atoms with Crippen LogP contribution in [0.3, 0.4) is 0 Å². The molecular weight excluding hydrogens is 925 g/mol. The highest BCUT2D eigenvalue weighted by Crippen LogP contribution is 2.17. The molecule has 0 aromatic rings. The molecule has 0 bridgehead atoms. The maximum atomic E-state index is 12.9. The number of allylic oxidation sites excluding steroid dienone is 12. The third-order valence-corrected chi connectivity index (χ3v) is 14.2. The maximum Gasteiger partial charge on any atom is 0.306 e. The average Bonchev–Trinajstić information content (AvgIpc) is 3.41. The van der Waals surface area contributed by atoms with E-state index in [2.05, 4.69) is 93.7 Å². The molecule has 0 aliphatic heterocycles. The summed E-state index contributed by atoms with van der Waals surface area (Å²) in [5.41, 5.74) is 0. The molecular formula is C69H122O6. The van der Waals surface area contributed by atoms with E-state index in [0.29, 0.717) is 19.3 Å². The van der Waals surface area contributed by atoms with E-state index in [1.54, 1.807) is 0 Å². The molecule has 434 valence electrons. The quantitative estimate of drug-likeness (QED) is 0.0261. The summed E-state index contributed by atoms with van der Waals surface area (Å²) in [6.07, 6.45) is 82.0. The summed E-state index contributed by atoms with van der Waals surface area (Å²) in [6.45, 7) is 6.55. The number of esters is 3. The Hall–Kier alpha value is -3.15. The molecule has 0 aliphatic carbocycles. The minimum Gasteiger partial charge on any atom is -0.462 e. The fourth-order valence-corrected chi connectivity index (χ4v) is 9.39. The first-order valence-corrected chi connectivity index (χ1v) is 32.4. The molecule has 6 heteroatoms. The van der Waals surface area contributed by atoms with E-state index in [4.69, 9.17) is 14.2 Å². The lowest BCUT2D eigenvalue weighted by Gasteiger charge is -2.18. The van der Waals surface area contributed by atoms with Gasteiger partial charge in [-0.15, -0.1) is 0 Å². The van der Waals surface area contributed by atoms with Gasteiger partial charge in [-0.05, 0) is 70.6 Å². The first-order valence-electron chi connectivity index (χ1n) is 32.4. The van der Waals surface area contributed by atoms with Crippen molar-refractivity contribution in [1.29, 1.82) is 0 Å². The van der Waals surface area contributed by atoms with Gasteiger partial charge in [-0.3, -0.25) is 14.4 Å². The fraction of sp³-hybridized carbons (Fsp3) is 0.783. The fourth-order valence-electron chi connectivity index (χ4n) is 9.39. The lowest BCUT2D eigenvalue weighted by atomic mass is 10.0. The number of carbonyl (C=O) groups is 3. The zero-order valence-electron chi connectivity index (χ0n) is 49.8. The molecule has 0 saturated heterocycles. The van der Waals surface area contributed by atoms with Crippen molar-refractivity contribution in [2.24, 2.45) is 0 Å². The van der Waals surface area contributed by atoms with Crippen LogP contribution in [-0.2, 0) is 28.6 Å². The topological polar surface area (TPSA) is 78.9 Å². The summed E-state index contributed by atoms with van der Waals surface area (Å²) in [7, 11) is 0. The van der Waals surface area contributed by atoms with Gasteiger partial charge in [0.15, 0.2) is 6.10 Å². The molecule has 0 saturated carbocycles. The van der Waals surface area contributed by atoms with Crippen LogP contribution in [0.5, 0.6) is 0 Å². The lowest BCUT2D eigenvalue weighted by molar-refractivity contribution is -0.167. The number of carbonyl (C=O) groups excluding carboxylic acids is 3. The van der Waals surface area contributed by atoms with Gasteiger partial charge in [0, 0.05) is 19.3 Å². The van der Waals surface area contributed by atoms with Crippen molar-refractivity contribution in [3.05, 3.63) is 72.9 Å². The Bertz CT molecular complexity index is 1390. The van der Waals surface area contributed by atoms with Gasteiger partial charge < -0.3 is 14.2 Å². The van der Waals surface area contributed by atoms with Gasteiger partial charge in [0.25, 0.3) is 0 Å². The minimum absolute atomic E-state index is 0.0732. The van der Waals surface area contributed by atoms with Crippen molar-refractivity contribution in [3.8, 4) is 0 Å². The van der Waals surface area contributed by atoms with Crippen LogP contribution in [0.25, 0.3) is 0 Å². The molecule has 0 spiro atoms. The maximum absolute atomic E-state index is 12.9. The Morgan fingerprint density at radius 1 is 0.280 bits per heavy atom. The van der Waals surface area contributed by atoms with Crippen LogP contribution in [0.4, 0.5) is 0 Å². The van der Waals surface area contributed by atoms with Crippen molar-refractivity contribution in [3.63, 3.8) is 0 Å². The van der Waals surface area contributed by atoms with E-state index in [1.807, 2.05) is 0 Å². The summed E-state index contributed by atoms with van der Waals surface area (Å²) in [4.78, 5) is 38.2. The van der Waals surface area contributed by atoms with Crippen molar-refractivity contribution in [2.45, 2.75) is 335 Å². The number of ether oxygens (including phenoxy) is 3. The predicted molar refractivity (Wildman–Crippen MR) is 325 cm³/mol. The molecule has 0 heterocycles. The molecule has 6 nitrogen and oxygen atoms in total. The van der Waals surface area contributed by atoms with E-state index in [9.17, 15) is 14.4 Å². The highest BCUT2D eigenvalue weighted by Gasteiger charge is 2.19. The van der Waals surface area contributed by atoms with Gasteiger partial charge in [-0.25, -0.2) is 0 Å². The van der Waals surface area contributed by atoms with E-state index < -0.39 is 6.10 Å². The van der Waals surface area contributed by atoms with E-state index in [1.165, 1.54) is 186 Å². The summed E-state index contributed by atoms with van der Waals surface area (Å²) < 4.78 is 16.9. The molecule has 1 unspecified atom stereocenters. The smallest absolute Gasteiger partial charge is 0.306 e. The summed E-state index contributed by atoms with van der Waals surface area (Å²) in [5, 5.41) is 0. The molecule has 0 fully saturated rings. The molecule has 0 aromatic heterocycles. The van der Waals surface area contributed by atoms with Crippen LogP contribution in [0.15, 0.2) is 72.9 Å². The van der Waals surface area contributed by atoms with Gasteiger partial charge in [-0.1, -0.05) is 312 Å². The first kappa shape index (κ1) is 71.8. The Balaban J connectivity index is 4.24. The molecule has 0 radical (unpaired) electrons. The van der Waals surface area contributed by atoms with Gasteiger partial charge in [0.2, 0.25) is 0 Å². The number of hydrogen-bond acceptors (Lipinski definition) is 6. The first-order chi connectivity index (χ1) is 37.0. The molecule has 0 rings (SSSR count). The zero-order chi connectivity index (χ0) is 54.3. The van der Waals surface area contributed by atoms with Crippen molar-refractivity contribution in [2.75, 3.05) is 13.2 Å². The monoisotopic (exact) mass is 1050 g/mol. The molecule has 0 N–H and O–H groups in total. The third-order valence-electron chi connectivity index (χ3n) is 14.2. The normalized spacial score (nSPS) is 12.5. The minimum atomic E-state index is -0.775. The van der Waals surface area contributed by atoms with E-state index >= 15 is 0 Å². The van der Waals surface area contributed by atoms with Crippen LogP contribution in [-0.4, -0.2) is 37.2 Å². The van der Waals surface area contributed by atoms with Gasteiger partial charge >= 0.3 is 17.9 Å². The highest BCUT2D eigenvalue weighted by molar-refractivity contribution is 5.71. The van der Waals surface area contributed by atoms with Crippen LogP contribution in [0.2, 0.25) is 0 Å². The highest BCUT2D eigenvalue weighted by atomic mass is 16.6. The number of rotatable bonds is 59. The molecule has 75 heavy (non-hydrogen) atoms. The second-order valence-electron chi connectivity index (χ2n) is 21.7. The van der Waals surface area contributed by atoms with Crippen LogP contribution in [0, 0.1) is 0 Å². The van der Waals surface area contributed by atoms with Crippen LogP contribution < -0.4 is 0 Å². The SMILES string of the molecule is CC/C=C\C/C=C\C/C=C\C/C=C\C/C=C\C/C=C\CCCCCCCCCCC(=O)OCC(COC(=O)CCCCCCCCCCCC)OC(=O)CCCCCCCCCCCCCCCCCCCCCC. The second kappa shape index (κ2) is 63.4. The standard InChI is InChI=1S/C69H122O6/c1-4-7-10-13-16-19-22-24-26-28-30-32-33-34-35-36-37-38-40-41-43-45-47-50-53-56-59-62-68(71)74-65-66(64-73-67(70)61-58-55-52-49-21-18-15-12-9-6-3)75-69(72)63-60-57-54-51-48-46-44-42-39-31-29-27-25-23-20-17-14-11-8-5-2/h7,10,16,19,24,26,30,32,34-35,37-38,66H,4-6,8-9,11-15,17-18,20-23,25,27-29,31,33,36,39-65H2,1-3H3/b10-7-,19-16-,26-24-,32-30-,35-34-,38-37-. The van der Waals surface area contributed by atoms with Crippen molar-refractivity contribution >= 4 is 17.9 Å². The van der Waals surface area contributed by atoms with Gasteiger partial charge in [0.05, 0.1) is 0 Å². The Morgan fingerprint density at radius 3 is 0.813 bits per heavy atom. The Kier molecular flexibility index (Phi) is 60.7. The summed E-state index contributed by atoms with van der Waals surface area (Å²) in [5.74, 6) is -0.866. The van der Waals surface area contributed by atoms with Crippen LogP contribution in [0.1, 0.15) is 329 Å². The van der Waals surface area contributed by atoms with Crippen molar-refractivity contribution < 1.29 is 28.6 Å².